The summed E-state index contributed by atoms with van der Waals surface area (Å²) in [5.41, 5.74) is 1.09. The molecule has 4 heteroatoms. The zero-order chi connectivity index (χ0) is 15.2. The van der Waals surface area contributed by atoms with Crippen LogP contribution in [0.2, 0.25) is 0 Å². The molecule has 3 unspecified atom stereocenters. The van der Waals surface area contributed by atoms with Gasteiger partial charge in [0.1, 0.15) is 5.01 Å². The van der Waals surface area contributed by atoms with Gasteiger partial charge in [0, 0.05) is 11.9 Å². The van der Waals surface area contributed by atoms with Crippen molar-refractivity contribution in [3.8, 4) is 0 Å². The molecular weight excluding hydrogens is 280 g/mol. The first kappa shape index (κ1) is 16.9. The van der Waals surface area contributed by atoms with Gasteiger partial charge >= 0.3 is 0 Å². The maximum atomic E-state index is 6.07. The highest BCUT2D eigenvalue weighted by atomic mass is 32.1. The van der Waals surface area contributed by atoms with Crippen molar-refractivity contribution in [3.05, 3.63) is 16.1 Å². The van der Waals surface area contributed by atoms with Crippen LogP contribution in [0.15, 0.2) is 5.38 Å². The van der Waals surface area contributed by atoms with Gasteiger partial charge in [-0.15, -0.1) is 11.3 Å². The summed E-state index contributed by atoms with van der Waals surface area (Å²) in [4.78, 5) is 4.66. The lowest BCUT2D eigenvalue weighted by Gasteiger charge is -2.31. The van der Waals surface area contributed by atoms with Gasteiger partial charge < -0.3 is 10.1 Å². The number of thiazole rings is 1. The average Bonchev–Trinajstić information content (AvgIpc) is 2.88. The molecule has 0 saturated heterocycles. The van der Waals surface area contributed by atoms with E-state index >= 15 is 0 Å². The Morgan fingerprint density at radius 3 is 2.86 bits per heavy atom. The Bertz CT molecular complexity index is 419. The Morgan fingerprint density at radius 2 is 2.14 bits per heavy atom. The smallest absolute Gasteiger partial charge is 0.107 e. The molecule has 1 N–H and O–H groups in total. The predicted octanol–water partition coefficient (Wildman–Crippen LogP) is 4.23. The first-order chi connectivity index (χ1) is 10.0. The first-order valence-electron chi connectivity index (χ1n) is 8.30. The molecule has 2 rings (SSSR count). The van der Waals surface area contributed by atoms with Crippen molar-refractivity contribution in [1.82, 2.24) is 10.3 Å². The lowest BCUT2D eigenvalue weighted by atomic mass is 9.80. The second-order valence-electron chi connectivity index (χ2n) is 6.96. The molecule has 1 aliphatic rings. The van der Waals surface area contributed by atoms with E-state index in [0.717, 1.165) is 30.6 Å². The van der Waals surface area contributed by atoms with E-state index in [2.05, 4.69) is 43.4 Å². The molecule has 120 valence electrons. The first-order valence-corrected chi connectivity index (χ1v) is 9.18. The van der Waals surface area contributed by atoms with Gasteiger partial charge in [0.15, 0.2) is 0 Å². The van der Waals surface area contributed by atoms with Gasteiger partial charge in [-0.2, -0.15) is 0 Å². The van der Waals surface area contributed by atoms with Crippen LogP contribution in [0.3, 0.4) is 0 Å². The van der Waals surface area contributed by atoms with Crippen LogP contribution in [0.4, 0.5) is 0 Å². The minimum atomic E-state index is 0.431. The summed E-state index contributed by atoms with van der Waals surface area (Å²) in [6.45, 7) is 11.7. The van der Waals surface area contributed by atoms with Gasteiger partial charge in [0.25, 0.3) is 0 Å². The fourth-order valence-corrected chi connectivity index (χ4v) is 3.57. The van der Waals surface area contributed by atoms with Crippen molar-refractivity contribution < 1.29 is 4.74 Å². The topological polar surface area (TPSA) is 34.2 Å². The van der Waals surface area contributed by atoms with E-state index in [-0.39, 0.29) is 0 Å². The van der Waals surface area contributed by atoms with Crippen LogP contribution < -0.4 is 5.32 Å². The molecule has 1 fully saturated rings. The van der Waals surface area contributed by atoms with Crippen molar-refractivity contribution in [2.75, 3.05) is 6.54 Å². The summed E-state index contributed by atoms with van der Waals surface area (Å²) in [5.74, 6) is 2.32. The molecule has 1 heterocycles. The molecule has 1 saturated carbocycles. The lowest BCUT2D eigenvalue weighted by molar-refractivity contribution is -0.00861. The lowest BCUT2D eigenvalue weighted by Crippen LogP contribution is -2.26. The van der Waals surface area contributed by atoms with Crippen LogP contribution in [0.5, 0.6) is 0 Å². The Kier molecular flexibility index (Phi) is 6.65. The monoisotopic (exact) mass is 310 g/mol. The summed E-state index contributed by atoms with van der Waals surface area (Å²) in [7, 11) is 0. The largest absolute Gasteiger partial charge is 0.372 e. The van der Waals surface area contributed by atoms with E-state index in [1.807, 2.05) is 0 Å². The predicted molar refractivity (Wildman–Crippen MR) is 89.4 cm³/mol. The molecule has 0 spiro atoms. The molecular formula is C17H30N2OS. The second-order valence-corrected chi connectivity index (χ2v) is 7.90. The molecule has 0 bridgehead atoms. The summed E-state index contributed by atoms with van der Waals surface area (Å²) in [5, 5.41) is 6.74. The molecule has 1 aromatic rings. The van der Waals surface area contributed by atoms with Crippen molar-refractivity contribution in [2.24, 2.45) is 17.8 Å². The maximum absolute atomic E-state index is 6.07. The summed E-state index contributed by atoms with van der Waals surface area (Å²) in [6, 6.07) is 0. The summed E-state index contributed by atoms with van der Waals surface area (Å²) < 4.78 is 6.07. The fourth-order valence-electron chi connectivity index (χ4n) is 2.82. The van der Waals surface area contributed by atoms with Crippen LogP contribution in [0.25, 0.3) is 0 Å². The van der Waals surface area contributed by atoms with E-state index in [0.29, 0.717) is 18.6 Å². The zero-order valence-electron chi connectivity index (χ0n) is 13.9. The highest BCUT2D eigenvalue weighted by Crippen LogP contribution is 2.31. The standard InChI is InChI=1S/C17H30N2OS/c1-12(2)8-18-9-17-19-15(11-21-17)10-20-16-6-5-13(3)14(4)7-16/h11-14,16,18H,5-10H2,1-4H3. The van der Waals surface area contributed by atoms with Gasteiger partial charge in [-0.05, 0) is 43.6 Å². The van der Waals surface area contributed by atoms with Crippen molar-refractivity contribution >= 4 is 11.3 Å². The van der Waals surface area contributed by atoms with Crippen molar-refractivity contribution in [2.45, 2.75) is 66.2 Å². The van der Waals surface area contributed by atoms with Crippen molar-refractivity contribution in [3.63, 3.8) is 0 Å². The van der Waals surface area contributed by atoms with E-state index in [1.165, 1.54) is 24.3 Å². The summed E-state index contributed by atoms with van der Waals surface area (Å²) >= 11 is 1.74. The number of hydrogen-bond acceptors (Lipinski definition) is 4. The summed E-state index contributed by atoms with van der Waals surface area (Å²) in [6.07, 6.45) is 4.14. The number of rotatable bonds is 7. The quantitative estimate of drug-likeness (QED) is 0.818. The van der Waals surface area contributed by atoms with Crippen LogP contribution in [-0.2, 0) is 17.9 Å². The Morgan fingerprint density at radius 1 is 1.33 bits per heavy atom. The SMILES string of the molecule is CC(C)CNCc1nc(COC2CCC(C)C(C)C2)cs1. The highest BCUT2D eigenvalue weighted by Gasteiger charge is 2.25. The third kappa shape index (κ3) is 5.68. The Labute approximate surface area is 133 Å². The van der Waals surface area contributed by atoms with Gasteiger partial charge in [-0.25, -0.2) is 4.98 Å². The Hall–Kier alpha value is -0.450. The number of ether oxygens (including phenoxy) is 1. The fraction of sp³-hybridized carbons (Fsp3) is 0.824. The molecule has 21 heavy (non-hydrogen) atoms. The van der Waals surface area contributed by atoms with E-state index in [9.17, 15) is 0 Å². The van der Waals surface area contributed by atoms with Crippen LogP contribution >= 0.6 is 11.3 Å². The van der Waals surface area contributed by atoms with Crippen LogP contribution in [0, 0.1) is 17.8 Å². The molecule has 3 atom stereocenters. The molecule has 0 aliphatic heterocycles. The third-order valence-corrected chi connectivity index (χ3v) is 5.34. The second kappa shape index (κ2) is 8.25. The third-order valence-electron chi connectivity index (χ3n) is 4.45. The van der Waals surface area contributed by atoms with E-state index in [1.54, 1.807) is 11.3 Å². The normalized spacial score (nSPS) is 26.4. The molecule has 0 radical (unpaired) electrons. The molecule has 3 nitrogen and oxygen atoms in total. The molecule has 0 aromatic carbocycles. The van der Waals surface area contributed by atoms with Gasteiger partial charge in [-0.3, -0.25) is 0 Å². The number of hydrogen-bond donors (Lipinski definition) is 1. The highest BCUT2D eigenvalue weighted by molar-refractivity contribution is 7.09. The molecule has 1 aliphatic carbocycles. The van der Waals surface area contributed by atoms with Crippen LogP contribution in [0.1, 0.15) is 57.7 Å². The zero-order valence-corrected chi connectivity index (χ0v) is 14.7. The van der Waals surface area contributed by atoms with Crippen LogP contribution in [-0.4, -0.2) is 17.6 Å². The van der Waals surface area contributed by atoms with Gasteiger partial charge in [-0.1, -0.05) is 27.7 Å². The van der Waals surface area contributed by atoms with Gasteiger partial charge in [0.05, 0.1) is 18.4 Å². The number of nitrogens with zero attached hydrogens (tertiary/aromatic N) is 1. The van der Waals surface area contributed by atoms with E-state index < -0.39 is 0 Å². The minimum Gasteiger partial charge on any atom is -0.372 e. The average molecular weight is 311 g/mol. The molecule has 0 amide bonds. The number of aromatic nitrogens is 1. The molecule has 1 aromatic heterocycles. The maximum Gasteiger partial charge on any atom is 0.107 e. The van der Waals surface area contributed by atoms with Gasteiger partial charge in [0.2, 0.25) is 0 Å². The Balaban J connectivity index is 1.70. The van der Waals surface area contributed by atoms with E-state index in [4.69, 9.17) is 4.74 Å². The number of nitrogens with one attached hydrogen (secondary N) is 1. The minimum absolute atomic E-state index is 0.431. The van der Waals surface area contributed by atoms with Crippen molar-refractivity contribution in [1.29, 1.82) is 0 Å².